The van der Waals surface area contributed by atoms with Crippen molar-refractivity contribution in [2.45, 2.75) is 38.8 Å². The van der Waals surface area contributed by atoms with Crippen molar-refractivity contribution in [3.05, 3.63) is 48.6 Å². The van der Waals surface area contributed by atoms with Crippen LogP contribution < -0.4 is 0 Å². The van der Waals surface area contributed by atoms with E-state index in [2.05, 4.69) is 6.58 Å². The third-order valence-electron chi connectivity index (χ3n) is 2.42. The van der Waals surface area contributed by atoms with E-state index in [4.69, 9.17) is 4.74 Å². The molecule has 0 bridgehead atoms. The van der Waals surface area contributed by atoms with Crippen LogP contribution in [-0.2, 0) is 11.2 Å². The average molecular weight is 265 g/mol. The molecule has 0 N–H and O–H groups in total. The third kappa shape index (κ3) is 5.12. The quantitative estimate of drug-likeness (QED) is 0.610. The van der Waals surface area contributed by atoms with E-state index in [0.717, 1.165) is 5.56 Å². The normalized spacial score (nSPS) is 12.6. The number of carbonyl (C=O) groups is 1. The van der Waals surface area contributed by atoms with Crippen molar-refractivity contribution in [1.29, 1.82) is 0 Å². The average Bonchev–Trinajstić information content (AvgIpc) is 2.34. The Hall–Kier alpha value is -1.84. The molecule has 0 spiro atoms. The molecule has 0 radical (unpaired) electrons. The Morgan fingerprint density at radius 2 is 2.00 bits per heavy atom. The van der Waals surface area contributed by atoms with Crippen LogP contribution in [-0.4, -0.2) is 22.9 Å². The van der Waals surface area contributed by atoms with Gasteiger partial charge in [-0.1, -0.05) is 40.9 Å². The van der Waals surface area contributed by atoms with Gasteiger partial charge in [0.15, 0.2) is 0 Å². The lowest BCUT2D eigenvalue weighted by molar-refractivity contribution is -0.0432. The Morgan fingerprint density at radius 1 is 1.42 bits per heavy atom. The van der Waals surface area contributed by atoms with E-state index >= 15 is 0 Å². The van der Waals surface area contributed by atoms with Crippen molar-refractivity contribution in [1.82, 2.24) is 5.12 Å². The fourth-order valence-electron chi connectivity index (χ4n) is 1.55. The van der Waals surface area contributed by atoms with E-state index in [0.29, 0.717) is 6.42 Å². The molecule has 19 heavy (non-hydrogen) atoms. The van der Waals surface area contributed by atoms with Crippen molar-refractivity contribution < 1.29 is 14.0 Å². The molecule has 0 aliphatic heterocycles. The highest BCUT2D eigenvalue weighted by Gasteiger charge is 2.27. The molecule has 1 unspecified atom stereocenters. The third-order valence-corrected chi connectivity index (χ3v) is 2.42. The number of amides is 1. The fraction of sp³-hybridized carbons (Fsp3) is 0.400. The summed E-state index contributed by atoms with van der Waals surface area (Å²) < 4.78 is 18.9. The van der Waals surface area contributed by atoms with Crippen LogP contribution in [0.25, 0.3) is 0 Å². The van der Waals surface area contributed by atoms with E-state index in [1.165, 1.54) is 6.08 Å². The highest BCUT2D eigenvalue weighted by Crippen LogP contribution is 2.15. The van der Waals surface area contributed by atoms with Crippen LogP contribution in [0.3, 0.4) is 0 Å². The summed E-state index contributed by atoms with van der Waals surface area (Å²) in [7, 11) is 0. The summed E-state index contributed by atoms with van der Waals surface area (Å²) in [5.74, 6) is 0. The minimum Gasteiger partial charge on any atom is -0.442 e. The Bertz CT molecular complexity index is 426. The van der Waals surface area contributed by atoms with Crippen LogP contribution in [0.2, 0.25) is 0 Å². The predicted octanol–water partition coefficient (Wildman–Crippen LogP) is 3.91. The van der Waals surface area contributed by atoms with E-state index in [1.54, 1.807) is 20.8 Å². The summed E-state index contributed by atoms with van der Waals surface area (Å²) >= 11 is 0. The lowest BCUT2D eigenvalue weighted by Crippen LogP contribution is -2.38. The van der Waals surface area contributed by atoms with Gasteiger partial charge in [-0.3, -0.25) is 0 Å². The Morgan fingerprint density at radius 3 is 2.47 bits per heavy atom. The van der Waals surface area contributed by atoms with Crippen LogP contribution in [0.15, 0.2) is 43.0 Å². The molecule has 0 fully saturated rings. The van der Waals surface area contributed by atoms with Gasteiger partial charge in [0.25, 0.3) is 0 Å². The summed E-state index contributed by atoms with van der Waals surface area (Å²) in [6.07, 6.45) is 0.769. The van der Waals surface area contributed by atoms with Crippen molar-refractivity contribution >= 4 is 6.09 Å². The van der Waals surface area contributed by atoms with Crippen LogP contribution >= 0.6 is 0 Å². The molecule has 0 aromatic heterocycles. The predicted molar refractivity (Wildman–Crippen MR) is 73.3 cm³/mol. The minimum atomic E-state index is -0.992. The number of hydrogen-bond donors (Lipinski definition) is 0. The number of benzene rings is 1. The standard InChI is InChI=1S/C15H20FNO2/c1-5-13(11-12-9-7-6-8-10-12)17(16)14(18)19-15(2,3)4/h5-10,13H,1,11H2,2-4H3. The summed E-state index contributed by atoms with van der Waals surface area (Å²) in [5.41, 5.74) is 0.207. The Kier molecular flexibility index (Phi) is 5.10. The lowest BCUT2D eigenvalue weighted by Gasteiger charge is -2.25. The Labute approximate surface area is 113 Å². The summed E-state index contributed by atoms with van der Waals surface area (Å²) in [6.45, 7) is 8.65. The van der Waals surface area contributed by atoms with Gasteiger partial charge in [-0.25, -0.2) is 4.79 Å². The topological polar surface area (TPSA) is 29.5 Å². The van der Waals surface area contributed by atoms with Gasteiger partial charge in [-0.2, -0.15) is 0 Å². The fourth-order valence-corrected chi connectivity index (χ4v) is 1.55. The van der Waals surface area contributed by atoms with E-state index < -0.39 is 17.7 Å². The van der Waals surface area contributed by atoms with Crippen molar-refractivity contribution in [3.63, 3.8) is 0 Å². The second kappa shape index (κ2) is 6.36. The first-order chi connectivity index (χ1) is 8.83. The molecule has 0 saturated heterocycles. The zero-order chi connectivity index (χ0) is 14.5. The first kappa shape index (κ1) is 15.2. The second-order valence-corrected chi connectivity index (χ2v) is 5.28. The van der Waals surface area contributed by atoms with Gasteiger partial charge in [0.05, 0.1) is 6.04 Å². The van der Waals surface area contributed by atoms with Crippen molar-refractivity contribution in [2.24, 2.45) is 0 Å². The SMILES string of the molecule is C=CC(Cc1ccccc1)N(F)C(=O)OC(C)(C)C. The van der Waals surface area contributed by atoms with Crippen LogP contribution in [0, 0.1) is 0 Å². The van der Waals surface area contributed by atoms with Gasteiger partial charge in [0, 0.05) is 0 Å². The number of carbonyl (C=O) groups excluding carboxylic acids is 1. The molecular formula is C15H20FNO2. The molecule has 3 nitrogen and oxygen atoms in total. The number of halogens is 1. The molecule has 1 atom stereocenters. The maximum absolute atomic E-state index is 14.0. The molecule has 0 aliphatic rings. The maximum Gasteiger partial charge on any atom is 0.439 e. The molecule has 0 aliphatic carbocycles. The molecular weight excluding hydrogens is 245 g/mol. The van der Waals surface area contributed by atoms with E-state index in [9.17, 15) is 9.28 Å². The van der Waals surface area contributed by atoms with Gasteiger partial charge in [0.1, 0.15) is 5.60 Å². The van der Waals surface area contributed by atoms with E-state index in [1.807, 2.05) is 30.3 Å². The molecule has 0 saturated carbocycles. The lowest BCUT2D eigenvalue weighted by atomic mass is 10.1. The monoisotopic (exact) mass is 265 g/mol. The first-order valence-corrected chi connectivity index (χ1v) is 6.18. The summed E-state index contributed by atoms with van der Waals surface area (Å²) in [6, 6.07) is 8.63. The highest BCUT2D eigenvalue weighted by molar-refractivity contribution is 5.67. The van der Waals surface area contributed by atoms with E-state index in [-0.39, 0.29) is 5.12 Å². The molecule has 1 aromatic carbocycles. The zero-order valence-corrected chi connectivity index (χ0v) is 11.6. The largest absolute Gasteiger partial charge is 0.442 e. The summed E-state index contributed by atoms with van der Waals surface area (Å²) in [4.78, 5) is 11.6. The van der Waals surface area contributed by atoms with Gasteiger partial charge in [-0.15, -0.1) is 11.7 Å². The Balaban J connectivity index is 2.69. The molecule has 4 heteroatoms. The van der Waals surface area contributed by atoms with Gasteiger partial charge < -0.3 is 4.74 Å². The zero-order valence-electron chi connectivity index (χ0n) is 11.6. The maximum atomic E-state index is 14.0. The smallest absolute Gasteiger partial charge is 0.439 e. The van der Waals surface area contributed by atoms with Gasteiger partial charge in [0.2, 0.25) is 0 Å². The minimum absolute atomic E-state index is 0.0885. The van der Waals surface area contributed by atoms with Gasteiger partial charge in [-0.05, 0) is 32.8 Å². The van der Waals surface area contributed by atoms with Crippen LogP contribution in [0.4, 0.5) is 9.28 Å². The number of ether oxygens (including phenoxy) is 1. The van der Waals surface area contributed by atoms with Crippen molar-refractivity contribution in [3.8, 4) is 0 Å². The molecule has 104 valence electrons. The summed E-state index contributed by atoms with van der Waals surface area (Å²) in [5, 5.41) is 0.0885. The molecule has 0 heterocycles. The second-order valence-electron chi connectivity index (χ2n) is 5.28. The van der Waals surface area contributed by atoms with Crippen LogP contribution in [0.5, 0.6) is 0 Å². The molecule has 1 rings (SSSR count). The highest BCUT2D eigenvalue weighted by atomic mass is 19.2. The van der Waals surface area contributed by atoms with Crippen LogP contribution in [0.1, 0.15) is 26.3 Å². The molecule has 1 amide bonds. The molecule has 1 aromatic rings. The number of rotatable bonds is 4. The van der Waals surface area contributed by atoms with Gasteiger partial charge >= 0.3 is 6.09 Å². The first-order valence-electron chi connectivity index (χ1n) is 6.18. The van der Waals surface area contributed by atoms with Crippen molar-refractivity contribution in [2.75, 3.05) is 0 Å². The number of nitrogens with zero attached hydrogens (tertiary/aromatic N) is 1. The number of hydrogen-bond acceptors (Lipinski definition) is 2.